The van der Waals surface area contributed by atoms with Gasteiger partial charge in [-0.3, -0.25) is 18.6 Å². The first kappa shape index (κ1) is 71.9. The van der Waals surface area contributed by atoms with Gasteiger partial charge >= 0.3 is 13.8 Å². The quantitative estimate of drug-likeness (QED) is 0.0205. The lowest BCUT2D eigenvalue weighted by molar-refractivity contribution is -0.870. The van der Waals surface area contributed by atoms with Crippen molar-refractivity contribution in [2.75, 3.05) is 40.9 Å². The Morgan fingerprint density at radius 1 is 0.480 bits per heavy atom. The number of ether oxygens (including phenoxy) is 1. The molecule has 9 nitrogen and oxygen atoms in total. The number of unbranched alkanes of at least 4 members (excludes halogenated alkanes) is 24. The minimum Gasteiger partial charge on any atom is -0.456 e. The average Bonchev–Trinajstić information content (AvgIpc) is 3.37. The largest absolute Gasteiger partial charge is 0.472 e. The topological polar surface area (TPSA) is 111 Å². The van der Waals surface area contributed by atoms with Gasteiger partial charge in [0.05, 0.1) is 33.8 Å². The Kier molecular flexibility index (Phi) is 52.1. The summed E-state index contributed by atoms with van der Waals surface area (Å²) in [4.78, 5) is 37.7. The molecule has 0 aromatic carbocycles. The summed E-state index contributed by atoms with van der Waals surface area (Å²) in [5, 5.41) is 3.04. The van der Waals surface area contributed by atoms with Crippen LogP contribution >= 0.6 is 7.82 Å². The second kappa shape index (κ2) is 54.3. The second-order valence-corrected chi connectivity index (χ2v) is 22.9. The summed E-state index contributed by atoms with van der Waals surface area (Å²) in [5.74, 6) is -0.556. The molecule has 0 fully saturated rings. The number of carbonyl (C=O) groups is 2. The Morgan fingerprint density at radius 2 is 0.853 bits per heavy atom. The zero-order chi connectivity index (χ0) is 55.0. The summed E-state index contributed by atoms with van der Waals surface area (Å²) in [6, 6.07) is -0.873. The number of carbonyl (C=O) groups excluding carboxylic acids is 2. The number of hydrogen-bond donors (Lipinski definition) is 2. The van der Waals surface area contributed by atoms with Crippen molar-refractivity contribution in [3.8, 4) is 0 Å². The van der Waals surface area contributed by atoms with Gasteiger partial charge in [-0.1, -0.05) is 227 Å². The van der Waals surface area contributed by atoms with Crippen LogP contribution in [0.4, 0.5) is 0 Å². The lowest BCUT2D eigenvalue weighted by Gasteiger charge is -2.27. The van der Waals surface area contributed by atoms with E-state index >= 15 is 0 Å². The maximum Gasteiger partial charge on any atom is 0.472 e. The minimum absolute atomic E-state index is 0.0284. The van der Waals surface area contributed by atoms with Crippen molar-refractivity contribution in [3.05, 3.63) is 97.2 Å². The number of hydrogen-bond acceptors (Lipinski definition) is 6. The van der Waals surface area contributed by atoms with E-state index in [2.05, 4.69) is 111 Å². The predicted octanol–water partition coefficient (Wildman–Crippen LogP) is 18.8. The number of nitrogens with zero attached hydrogens (tertiary/aromatic N) is 1. The summed E-state index contributed by atoms with van der Waals surface area (Å²) in [5.41, 5.74) is 0. The number of likely N-dealkylation sites (N-methyl/N-ethyl adjacent to an activating group) is 1. The fraction of sp³-hybridized carbons (Fsp3) is 0.723. The van der Waals surface area contributed by atoms with Crippen LogP contribution in [0.3, 0.4) is 0 Å². The Hall–Kier alpha value is -3.07. The molecule has 0 aromatic rings. The molecule has 75 heavy (non-hydrogen) atoms. The van der Waals surface area contributed by atoms with E-state index in [1.165, 1.54) is 96.3 Å². The van der Waals surface area contributed by atoms with Crippen LogP contribution in [0.5, 0.6) is 0 Å². The number of allylic oxidation sites excluding steroid dienone is 15. The first-order valence-corrected chi connectivity index (χ1v) is 32.1. The lowest BCUT2D eigenvalue weighted by Crippen LogP contribution is -2.47. The molecule has 0 heterocycles. The van der Waals surface area contributed by atoms with E-state index < -0.39 is 20.0 Å². The highest BCUT2D eigenvalue weighted by Crippen LogP contribution is 2.43. The van der Waals surface area contributed by atoms with Gasteiger partial charge in [0, 0.05) is 12.8 Å². The maximum absolute atomic E-state index is 13.5. The van der Waals surface area contributed by atoms with Crippen molar-refractivity contribution in [3.63, 3.8) is 0 Å². The van der Waals surface area contributed by atoms with Gasteiger partial charge in [0.2, 0.25) is 5.91 Å². The number of nitrogens with one attached hydrogen (secondary N) is 1. The van der Waals surface area contributed by atoms with Crippen LogP contribution < -0.4 is 5.32 Å². The standard InChI is InChI=1S/C65H115N2O7P/c1-7-10-13-16-19-22-25-28-29-30-31-32-33-34-35-36-37-40-42-45-48-51-54-57-64(68)66-62(61-73-75(70,71)72-60-59-67(4,5)6)63(56-53-50-47-44-41-38-26-23-20-17-14-11-8-2)74-65(69)58-55-52-49-46-43-39-27-24-21-18-15-12-9-3/h10,13,19,22,28-29,31-32,34-35,37,39-40,43,53,56,62-63H,7-9,11-12,14-18,20-21,23-27,30,33,36,38,41-42,44-52,54-55,57-61H2,1-6H3,(H-,66,68,70,71)/p+1/b13-10-,22-19-,29-28-,32-31-,35-34-,40-37-,43-39-,56-53-. The van der Waals surface area contributed by atoms with E-state index in [9.17, 15) is 19.0 Å². The fourth-order valence-electron chi connectivity index (χ4n) is 8.29. The maximum atomic E-state index is 13.5. The second-order valence-electron chi connectivity index (χ2n) is 21.5. The summed E-state index contributed by atoms with van der Waals surface area (Å²) >= 11 is 0. The third-order valence-corrected chi connectivity index (χ3v) is 14.0. The van der Waals surface area contributed by atoms with Crippen molar-refractivity contribution in [2.24, 2.45) is 0 Å². The molecular weight excluding hydrogens is 952 g/mol. The van der Waals surface area contributed by atoms with Crippen LogP contribution in [0.15, 0.2) is 97.2 Å². The molecule has 0 aliphatic heterocycles. The minimum atomic E-state index is -4.46. The molecule has 3 atom stereocenters. The summed E-state index contributed by atoms with van der Waals surface area (Å²) in [6.07, 6.45) is 72.6. The van der Waals surface area contributed by atoms with Gasteiger partial charge < -0.3 is 19.4 Å². The van der Waals surface area contributed by atoms with Gasteiger partial charge in [0.1, 0.15) is 19.3 Å². The van der Waals surface area contributed by atoms with Crippen molar-refractivity contribution in [1.29, 1.82) is 0 Å². The molecule has 0 rings (SSSR count). The number of quaternary nitrogens is 1. The first-order valence-electron chi connectivity index (χ1n) is 30.6. The van der Waals surface area contributed by atoms with Crippen LogP contribution in [-0.4, -0.2) is 74.3 Å². The molecule has 1 amide bonds. The van der Waals surface area contributed by atoms with E-state index in [0.29, 0.717) is 30.3 Å². The van der Waals surface area contributed by atoms with E-state index in [4.69, 9.17) is 13.8 Å². The molecule has 0 saturated heterocycles. The first-order chi connectivity index (χ1) is 36.4. The number of esters is 1. The SMILES string of the molecule is CC/C=C\C/C=C\C/C=C\C/C=C\C/C=C\C/C=C\CCCCCCC(=O)NC(COP(=O)(O)OCC[N+](C)(C)C)C(/C=C\CCCCCCCCCCCCC)OC(=O)CCCCC/C=C\CCCCCCCC. The van der Waals surface area contributed by atoms with Crippen LogP contribution in [0.1, 0.15) is 252 Å². The monoisotopic (exact) mass is 1070 g/mol. The molecule has 0 aliphatic rings. The van der Waals surface area contributed by atoms with Gasteiger partial charge in [-0.2, -0.15) is 0 Å². The summed E-state index contributed by atoms with van der Waals surface area (Å²) in [7, 11) is 1.46. The molecule has 2 N–H and O–H groups in total. The smallest absolute Gasteiger partial charge is 0.456 e. The number of phosphoric acid groups is 1. The van der Waals surface area contributed by atoms with Crippen LogP contribution in [0, 0.1) is 0 Å². The Morgan fingerprint density at radius 3 is 1.31 bits per heavy atom. The summed E-state index contributed by atoms with van der Waals surface area (Å²) < 4.78 is 30.6. The molecule has 10 heteroatoms. The number of phosphoric ester groups is 1. The zero-order valence-corrected chi connectivity index (χ0v) is 50.2. The lowest BCUT2D eigenvalue weighted by atomic mass is 10.0. The van der Waals surface area contributed by atoms with Gasteiger partial charge in [-0.15, -0.1) is 0 Å². The molecule has 0 radical (unpaired) electrons. The third kappa shape index (κ3) is 55.5. The van der Waals surface area contributed by atoms with Crippen molar-refractivity contribution in [1.82, 2.24) is 5.32 Å². The number of rotatable bonds is 54. The number of amides is 1. The Balaban J connectivity index is 5.33. The molecule has 0 aliphatic carbocycles. The van der Waals surface area contributed by atoms with E-state index in [1.54, 1.807) is 0 Å². The third-order valence-electron chi connectivity index (χ3n) is 13.0. The van der Waals surface area contributed by atoms with Crippen LogP contribution in [0.25, 0.3) is 0 Å². The van der Waals surface area contributed by atoms with E-state index in [1.807, 2.05) is 33.3 Å². The highest BCUT2D eigenvalue weighted by Gasteiger charge is 2.30. The molecule has 0 aromatic heterocycles. The van der Waals surface area contributed by atoms with E-state index in [0.717, 1.165) is 109 Å². The molecule has 0 spiro atoms. The molecule has 432 valence electrons. The molecule has 3 unspecified atom stereocenters. The van der Waals surface area contributed by atoms with Gasteiger partial charge in [0.15, 0.2) is 0 Å². The fourth-order valence-corrected chi connectivity index (χ4v) is 9.03. The molecule has 0 saturated carbocycles. The Bertz CT molecular complexity index is 1610. The van der Waals surface area contributed by atoms with E-state index in [-0.39, 0.29) is 31.5 Å². The molecule has 0 bridgehead atoms. The van der Waals surface area contributed by atoms with Crippen molar-refractivity contribution in [2.45, 2.75) is 264 Å². The van der Waals surface area contributed by atoms with Gasteiger partial charge in [-0.25, -0.2) is 4.57 Å². The highest BCUT2D eigenvalue weighted by molar-refractivity contribution is 7.47. The van der Waals surface area contributed by atoms with Gasteiger partial charge in [-0.05, 0) is 109 Å². The van der Waals surface area contributed by atoms with Crippen molar-refractivity contribution < 1.29 is 37.3 Å². The predicted molar refractivity (Wildman–Crippen MR) is 323 cm³/mol. The molecular formula is C65H116N2O7P+. The highest BCUT2D eigenvalue weighted by atomic mass is 31.2. The van der Waals surface area contributed by atoms with Crippen LogP contribution in [-0.2, 0) is 27.9 Å². The van der Waals surface area contributed by atoms with Gasteiger partial charge in [0.25, 0.3) is 0 Å². The van der Waals surface area contributed by atoms with Crippen molar-refractivity contribution >= 4 is 19.7 Å². The normalized spacial score (nSPS) is 14.4. The average molecular weight is 1070 g/mol. The summed E-state index contributed by atoms with van der Waals surface area (Å²) in [6.45, 7) is 6.85. The van der Waals surface area contributed by atoms with Crippen LogP contribution in [0.2, 0.25) is 0 Å². The zero-order valence-electron chi connectivity index (χ0n) is 49.3. The Labute approximate surface area is 462 Å².